The second-order valence-corrected chi connectivity index (χ2v) is 6.22. The zero-order valence-corrected chi connectivity index (χ0v) is 12.0. The highest BCUT2D eigenvalue weighted by Crippen LogP contribution is 2.30. The van der Waals surface area contributed by atoms with Crippen LogP contribution in [0.1, 0.15) is 5.56 Å². The Morgan fingerprint density at radius 1 is 1.00 bits per heavy atom. The summed E-state index contributed by atoms with van der Waals surface area (Å²) in [7, 11) is 0. The van der Waals surface area contributed by atoms with Crippen molar-refractivity contribution in [3.63, 3.8) is 0 Å². The lowest BCUT2D eigenvalue weighted by atomic mass is 10.2. The van der Waals surface area contributed by atoms with Crippen LogP contribution in [0.2, 0.25) is 0 Å². The number of rotatable bonds is 4. The molecular formula is C14H10FN3S2. The zero-order chi connectivity index (χ0) is 13.8. The first-order chi connectivity index (χ1) is 9.81. The van der Waals surface area contributed by atoms with Crippen molar-refractivity contribution in [2.24, 2.45) is 0 Å². The van der Waals surface area contributed by atoms with E-state index in [2.05, 4.69) is 15.2 Å². The fraction of sp³-hybridized carbons (Fsp3) is 0.0714. The molecule has 0 saturated heterocycles. The lowest BCUT2D eigenvalue weighted by Gasteiger charge is -1.97. The molecule has 2 heterocycles. The maximum absolute atomic E-state index is 12.8. The minimum atomic E-state index is -0.213. The molecule has 2 aromatic heterocycles. The van der Waals surface area contributed by atoms with Gasteiger partial charge in [-0.3, -0.25) is 4.98 Å². The molecule has 0 fully saturated rings. The molecule has 0 unspecified atom stereocenters. The number of hydrogen-bond donors (Lipinski definition) is 0. The number of thioether (sulfide) groups is 1. The SMILES string of the molecule is Fc1ccc(CSc2nnc(-c3ccncc3)s2)cc1. The molecule has 0 aliphatic rings. The predicted octanol–water partition coefficient (Wildman–Crippen LogP) is 4.03. The van der Waals surface area contributed by atoms with E-state index >= 15 is 0 Å². The van der Waals surface area contributed by atoms with Gasteiger partial charge >= 0.3 is 0 Å². The lowest BCUT2D eigenvalue weighted by Crippen LogP contribution is -1.81. The summed E-state index contributed by atoms with van der Waals surface area (Å²) < 4.78 is 13.7. The van der Waals surface area contributed by atoms with Crippen molar-refractivity contribution in [3.05, 3.63) is 60.2 Å². The summed E-state index contributed by atoms with van der Waals surface area (Å²) in [5.74, 6) is 0.542. The normalized spacial score (nSPS) is 10.7. The third-order valence-electron chi connectivity index (χ3n) is 2.61. The van der Waals surface area contributed by atoms with E-state index in [4.69, 9.17) is 0 Å². The summed E-state index contributed by atoms with van der Waals surface area (Å²) in [5, 5.41) is 9.22. The minimum Gasteiger partial charge on any atom is -0.265 e. The van der Waals surface area contributed by atoms with Gasteiger partial charge in [-0.1, -0.05) is 35.2 Å². The van der Waals surface area contributed by atoms with E-state index in [-0.39, 0.29) is 5.82 Å². The van der Waals surface area contributed by atoms with E-state index in [1.807, 2.05) is 12.1 Å². The maximum Gasteiger partial charge on any atom is 0.174 e. The van der Waals surface area contributed by atoms with E-state index in [9.17, 15) is 4.39 Å². The summed E-state index contributed by atoms with van der Waals surface area (Å²) in [6.07, 6.45) is 3.48. The van der Waals surface area contributed by atoms with Gasteiger partial charge < -0.3 is 0 Å². The molecule has 0 aliphatic heterocycles. The van der Waals surface area contributed by atoms with E-state index < -0.39 is 0 Å². The second-order valence-electron chi connectivity index (χ2n) is 4.02. The maximum atomic E-state index is 12.8. The van der Waals surface area contributed by atoms with E-state index in [1.54, 1.807) is 47.6 Å². The topological polar surface area (TPSA) is 38.7 Å². The Hall–Kier alpha value is -1.79. The van der Waals surface area contributed by atoms with E-state index in [0.29, 0.717) is 0 Å². The highest BCUT2D eigenvalue weighted by Gasteiger charge is 2.07. The van der Waals surface area contributed by atoms with Gasteiger partial charge in [0.15, 0.2) is 4.34 Å². The van der Waals surface area contributed by atoms with Gasteiger partial charge in [-0.25, -0.2) is 4.39 Å². The van der Waals surface area contributed by atoms with Gasteiger partial charge in [0.25, 0.3) is 0 Å². The molecular weight excluding hydrogens is 293 g/mol. The van der Waals surface area contributed by atoms with Crippen LogP contribution in [-0.2, 0) is 5.75 Å². The monoisotopic (exact) mass is 303 g/mol. The van der Waals surface area contributed by atoms with Crippen molar-refractivity contribution in [2.45, 2.75) is 10.1 Å². The molecule has 0 N–H and O–H groups in total. The van der Waals surface area contributed by atoms with Gasteiger partial charge in [0.1, 0.15) is 10.8 Å². The largest absolute Gasteiger partial charge is 0.265 e. The summed E-state index contributed by atoms with van der Waals surface area (Å²) >= 11 is 3.15. The first-order valence-corrected chi connectivity index (χ1v) is 7.72. The summed E-state index contributed by atoms with van der Waals surface area (Å²) in [4.78, 5) is 3.98. The van der Waals surface area contributed by atoms with E-state index in [0.717, 1.165) is 26.2 Å². The molecule has 0 bridgehead atoms. The van der Waals surface area contributed by atoms with Gasteiger partial charge in [-0.15, -0.1) is 10.2 Å². The Morgan fingerprint density at radius 2 is 1.75 bits per heavy atom. The molecule has 0 atom stereocenters. The van der Waals surface area contributed by atoms with Gasteiger partial charge in [0.05, 0.1) is 0 Å². The van der Waals surface area contributed by atoms with Gasteiger partial charge in [-0.05, 0) is 29.8 Å². The van der Waals surface area contributed by atoms with Crippen molar-refractivity contribution < 1.29 is 4.39 Å². The molecule has 3 aromatic rings. The van der Waals surface area contributed by atoms with Crippen molar-refractivity contribution in [1.29, 1.82) is 0 Å². The quantitative estimate of drug-likeness (QED) is 0.682. The smallest absolute Gasteiger partial charge is 0.174 e. The Labute approximate surface area is 123 Å². The minimum absolute atomic E-state index is 0.213. The number of aromatic nitrogens is 3. The van der Waals surface area contributed by atoms with Crippen molar-refractivity contribution in [1.82, 2.24) is 15.2 Å². The van der Waals surface area contributed by atoms with Crippen molar-refractivity contribution in [3.8, 4) is 10.6 Å². The Balaban J connectivity index is 1.67. The fourth-order valence-corrected chi connectivity index (χ4v) is 3.42. The molecule has 20 heavy (non-hydrogen) atoms. The Kier molecular flexibility index (Phi) is 4.03. The summed E-state index contributed by atoms with van der Waals surface area (Å²) in [6.45, 7) is 0. The van der Waals surface area contributed by atoms with Crippen LogP contribution in [0.15, 0.2) is 53.1 Å². The van der Waals surface area contributed by atoms with Crippen LogP contribution >= 0.6 is 23.1 Å². The van der Waals surface area contributed by atoms with Crippen molar-refractivity contribution >= 4 is 23.1 Å². The predicted molar refractivity (Wildman–Crippen MR) is 79.1 cm³/mol. The molecule has 100 valence electrons. The second kappa shape index (κ2) is 6.11. The van der Waals surface area contributed by atoms with Crippen LogP contribution in [0.4, 0.5) is 4.39 Å². The molecule has 3 nitrogen and oxygen atoms in total. The molecule has 0 amide bonds. The third kappa shape index (κ3) is 3.20. The molecule has 6 heteroatoms. The number of halogens is 1. The number of hydrogen-bond acceptors (Lipinski definition) is 5. The Morgan fingerprint density at radius 3 is 2.50 bits per heavy atom. The highest BCUT2D eigenvalue weighted by atomic mass is 32.2. The standard InChI is InChI=1S/C14H10FN3S2/c15-12-3-1-10(2-4-12)9-19-14-18-17-13(20-14)11-5-7-16-8-6-11/h1-8H,9H2. The first kappa shape index (κ1) is 13.2. The summed E-state index contributed by atoms with van der Waals surface area (Å²) in [6, 6.07) is 10.3. The Bertz CT molecular complexity index is 683. The molecule has 1 aromatic carbocycles. The average molecular weight is 303 g/mol. The highest BCUT2D eigenvalue weighted by molar-refractivity contribution is 8.00. The third-order valence-corrected chi connectivity index (χ3v) is 4.79. The fourth-order valence-electron chi connectivity index (χ4n) is 1.60. The lowest BCUT2D eigenvalue weighted by molar-refractivity contribution is 0.627. The first-order valence-electron chi connectivity index (χ1n) is 5.92. The summed E-state index contributed by atoms with van der Waals surface area (Å²) in [5.41, 5.74) is 2.09. The number of nitrogens with zero attached hydrogens (tertiary/aromatic N) is 3. The number of benzene rings is 1. The van der Waals surface area contributed by atoms with Crippen LogP contribution in [-0.4, -0.2) is 15.2 Å². The van der Waals surface area contributed by atoms with Crippen LogP contribution in [0, 0.1) is 5.82 Å². The van der Waals surface area contributed by atoms with Crippen LogP contribution < -0.4 is 0 Å². The van der Waals surface area contributed by atoms with Crippen LogP contribution in [0.25, 0.3) is 10.6 Å². The average Bonchev–Trinajstić information content (AvgIpc) is 2.97. The molecule has 0 spiro atoms. The molecule has 0 radical (unpaired) electrons. The number of pyridine rings is 1. The van der Waals surface area contributed by atoms with Gasteiger partial charge in [0, 0.05) is 23.7 Å². The molecule has 3 rings (SSSR count). The van der Waals surface area contributed by atoms with E-state index in [1.165, 1.54) is 12.1 Å². The van der Waals surface area contributed by atoms with Crippen molar-refractivity contribution in [2.75, 3.05) is 0 Å². The van der Waals surface area contributed by atoms with Crippen LogP contribution in [0.5, 0.6) is 0 Å². The van der Waals surface area contributed by atoms with Crippen LogP contribution in [0.3, 0.4) is 0 Å². The van der Waals surface area contributed by atoms with Gasteiger partial charge in [0.2, 0.25) is 0 Å². The molecule has 0 saturated carbocycles. The molecule has 0 aliphatic carbocycles. The zero-order valence-electron chi connectivity index (χ0n) is 10.4. The van der Waals surface area contributed by atoms with Gasteiger partial charge in [-0.2, -0.15) is 0 Å².